The molecule has 0 fully saturated rings. The van der Waals surface area contributed by atoms with Crippen molar-refractivity contribution < 1.29 is 9.53 Å². The third-order valence-corrected chi connectivity index (χ3v) is 4.70. The van der Waals surface area contributed by atoms with Gasteiger partial charge in [0.2, 0.25) is 0 Å². The van der Waals surface area contributed by atoms with E-state index < -0.39 is 5.97 Å². The van der Waals surface area contributed by atoms with Crippen LogP contribution in [0, 0.1) is 0 Å². The molecule has 0 radical (unpaired) electrons. The van der Waals surface area contributed by atoms with Crippen molar-refractivity contribution >= 4 is 34.5 Å². The number of anilines is 2. The molecule has 0 saturated heterocycles. The molecule has 0 saturated carbocycles. The first kappa shape index (κ1) is 16.3. The van der Waals surface area contributed by atoms with Gasteiger partial charge in [-0.2, -0.15) is 0 Å². The number of esters is 1. The van der Waals surface area contributed by atoms with Crippen molar-refractivity contribution in [2.75, 3.05) is 11.9 Å². The number of aromatic nitrogens is 3. The zero-order valence-electron chi connectivity index (χ0n) is 14.0. The Bertz CT molecular complexity index is 1040. The van der Waals surface area contributed by atoms with E-state index in [1.54, 1.807) is 29.0 Å². The Morgan fingerprint density at radius 2 is 2.04 bits per heavy atom. The second kappa shape index (κ2) is 6.97. The van der Waals surface area contributed by atoms with Gasteiger partial charge < -0.3 is 10.1 Å². The number of carbonyl (C=O) groups is 1. The fourth-order valence-corrected chi connectivity index (χ4v) is 3.43. The van der Waals surface area contributed by atoms with E-state index >= 15 is 0 Å². The van der Waals surface area contributed by atoms with Crippen LogP contribution >= 0.6 is 11.3 Å². The van der Waals surface area contributed by atoms with Crippen LogP contribution in [0.3, 0.4) is 0 Å². The lowest BCUT2D eigenvalue weighted by Gasteiger charge is -2.05. The zero-order valence-corrected chi connectivity index (χ0v) is 14.9. The number of rotatable bonds is 5. The molecule has 0 aliphatic heterocycles. The van der Waals surface area contributed by atoms with Gasteiger partial charge in [-0.25, -0.2) is 14.3 Å². The molecular weight excluding hydrogens is 348 g/mol. The van der Waals surface area contributed by atoms with Gasteiger partial charge >= 0.3 is 5.97 Å². The quantitative estimate of drug-likeness (QED) is 0.532. The monoisotopic (exact) mass is 364 g/mol. The molecule has 0 bridgehead atoms. The van der Waals surface area contributed by atoms with Gasteiger partial charge in [-0.3, -0.25) is 0 Å². The smallest absolute Gasteiger partial charge is 0.345 e. The van der Waals surface area contributed by atoms with Gasteiger partial charge in [-0.15, -0.1) is 16.4 Å². The first-order chi connectivity index (χ1) is 12.8. The molecule has 4 aromatic rings. The third kappa shape index (κ3) is 2.93. The second-order valence-electron chi connectivity index (χ2n) is 5.48. The first-order valence-electron chi connectivity index (χ1n) is 8.18. The third-order valence-electron chi connectivity index (χ3n) is 3.81. The van der Waals surface area contributed by atoms with Crippen molar-refractivity contribution in [3.8, 4) is 10.6 Å². The maximum Gasteiger partial charge on any atom is 0.345 e. The molecule has 0 amide bonds. The van der Waals surface area contributed by atoms with Gasteiger partial charge in [0.15, 0.2) is 11.5 Å². The summed E-state index contributed by atoms with van der Waals surface area (Å²) in [6.45, 7) is 2.06. The van der Waals surface area contributed by atoms with Crippen LogP contribution in [-0.4, -0.2) is 27.2 Å². The largest absolute Gasteiger partial charge is 0.462 e. The Morgan fingerprint density at radius 1 is 1.19 bits per heavy atom. The minimum Gasteiger partial charge on any atom is -0.462 e. The minimum absolute atomic E-state index is 0.283. The molecule has 1 aromatic carbocycles. The average Bonchev–Trinajstić information content (AvgIpc) is 3.30. The molecule has 26 heavy (non-hydrogen) atoms. The summed E-state index contributed by atoms with van der Waals surface area (Å²) < 4.78 is 6.92. The number of fused-ring (bicyclic) bond motifs is 1. The zero-order chi connectivity index (χ0) is 17.9. The van der Waals surface area contributed by atoms with Gasteiger partial charge in [-0.1, -0.05) is 24.3 Å². The summed E-state index contributed by atoms with van der Waals surface area (Å²) in [6, 6.07) is 15.4. The molecule has 0 aliphatic carbocycles. The molecule has 0 spiro atoms. The molecule has 130 valence electrons. The maximum atomic E-state index is 12.6. The Labute approximate surface area is 154 Å². The molecule has 7 heteroatoms. The number of nitrogens with one attached hydrogen (secondary N) is 1. The number of benzene rings is 1. The highest BCUT2D eigenvalue weighted by Crippen LogP contribution is 2.29. The Kier molecular flexibility index (Phi) is 4.37. The van der Waals surface area contributed by atoms with E-state index in [1.807, 2.05) is 53.9 Å². The number of para-hydroxylation sites is 1. The molecule has 0 atom stereocenters. The van der Waals surface area contributed by atoms with Crippen LogP contribution in [0.4, 0.5) is 11.5 Å². The van der Waals surface area contributed by atoms with Crippen LogP contribution in [0.5, 0.6) is 0 Å². The lowest BCUT2D eigenvalue weighted by molar-refractivity contribution is 0.0529. The standard InChI is InChI=1S/C19H16N4O2S/c1-2-25-19(24)16-17(21-13-7-4-3-5-8-13)22-23-14(10-11-20-18(16)23)15-9-6-12-26-15/h3-12H,2H2,1H3,(H,21,22). The molecule has 4 rings (SSSR count). The van der Waals surface area contributed by atoms with Crippen LogP contribution in [0.2, 0.25) is 0 Å². The van der Waals surface area contributed by atoms with E-state index in [1.165, 1.54) is 0 Å². The normalized spacial score (nSPS) is 10.8. The van der Waals surface area contributed by atoms with E-state index in [4.69, 9.17) is 4.74 Å². The Balaban J connectivity index is 1.90. The van der Waals surface area contributed by atoms with Crippen molar-refractivity contribution in [1.82, 2.24) is 14.6 Å². The lowest BCUT2D eigenvalue weighted by Crippen LogP contribution is -2.07. The van der Waals surface area contributed by atoms with E-state index in [9.17, 15) is 4.79 Å². The van der Waals surface area contributed by atoms with Crippen LogP contribution in [0.15, 0.2) is 60.1 Å². The minimum atomic E-state index is -0.447. The van der Waals surface area contributed by atoms with Crippen LogP contribution in [0.1, 0.15) is 17.3 Å². The van der Waals surface area contributed by atoms with Crippen molar-refractivity contribution in [3.63, 3.8) is 0 Å². The number of hydrogen-bond acceptors (Lipinski definition) is 6. The summed E-state index contributed by atoms with van der Waals surface area (Å²) in [5.41, 5.74) is 2.50. The highest BCUT2D eigenvalue weighted by Gasteiger charge is 2.24. The number of nitrogens with zero attached hydrogens (tertiary/aromatic N) is 3. The van der Waals surface area contributed by atoms with Gasteiger partial charge in [0, 0.05) is 11.9 Å². The second-order valence-corrected chi connectivity index (χ2v) is 6.43. The fraction of sp³-hybridized carbons (Fsp3) is 0.105. The van der Waals surface area contributed by atoms with Crippen LogP contribution in [-0.2, 0) is 4.74 Å². The van der Waals surface area contributed by atoms with Gasteiger partial charge in [0.25, 0.3) is 0 Å². The van der Waals surface area contributed by atoms with Crippen molar-refractivity contribution in [2.24, 2.45) is 0 Å². The van der Waals surface area contributed by atoms with Crippen molar-refractivity contribution in [2.45, 2.75) is 6.92 Å². The summed E-state index contributed by atoms with van der Waals surface area (Å²) in [6.07, 6.45) is 1.68. The van der Waals surface area contributed by atoms with Gasteiger partial charge in [0.1, 0.15) is 5.56 Å². The number of carbonyl (C=O) groups excluding carboxylic acids is 1. The predicted octanol–water partition coefficient (Wildman–Crippen LogP) is 4.38. The lowest BCUT2D eigenvalue weighted by atomic mass is 10.2. The van der Waals surface area contributed by atoms with E-state index in [2.05, 4.69) is 15.4 Å². The van der Waals surface area contributed by atoms with Crippen LogP contribution in [0.25, 0.3) is 16.2 Å². The SMILES string of the molecule is CCOC(=O)c1c(Nc2ccccc2)nn2c(-c3cccs3)ccnc12. The summed E-state index contributed by atoms with van der Waals surface area (Å²) in [4.78, 5) is 18.0. The van der Waals surface area contributed by atoms with Crippen molar-refractivity contribution in [3.05, 3.63) is 65.7 Å². The first-order valence-corrected chi connectivity index (χ1v) is 9.06. The Morgan fingerprint density at radius 3 is 2.77 bits per heavy atom. The number of hydrogen-bond donors (Lipinski definition) is 1. The summed E-state index contributed by atoms with van der Waals surface area (Å²) in [7, 11) is 0. The predicted molar refractivity (Wildman–Crippen MR) is 102 cm³/mol. The molecule has 0 unspecified atom stereocenters. The topological polar surface area (TPSA) is 68.5 Å². The van der Waals surface area contributed by atoms with E-state index in [0.29, 0.717) is 17.0 Å². The van der Waals surface area contributed by atoms with Gasteiger partial charge in [-0.05, 0) is 36.6 Å². The van der Waals surface area contributed by atoms with E-state index in [0.717, 1.165) is 16.3 Å². The van der Waals surface area contributed by atoms with Crippen molar-refractivity contribution in [1.29, 1.82) is 0 Å². The Hall–Kier alpha value is -3.19. The van der Waals surface area contributed by atoms with E-state index in [-0.39, 0.29) is 6.61 Å². The molecular formula is C19H16N4O2S. The molecule has 3 heterocycles. The van der Waals surface area contributed by atoms with Crippen LogP contribution < -0.4 is 5.32 Å². The molecule has 1 N–H and O–H groups in total. The summed E-state index contributed by atoms with van der Waals surface area (Å²) >= 11 is 1.60. The van der Waals surface area contributed by atoms with Gasteiger partial charge in [0.05, 0.1) is 17.2 Å². The number of ether oxygens (including phenoxy) is 1. The molecule has 0 aliphatic rings. The fourth-order valence-electron chi connectivity index (χ4n) is 2.69. The highest BCUT2D eigenvalue weighted by molar-refractivity contribution is 7.13. The summed E-state index contributed by atoms with van der Waals surface area (Å²) in [5, 5.41) is 9.82. The number of thiophene rings is 1. The molecule has 3 aromatic heterocycles. The molecule has 6 nitrogen and oxygen atoms in total. The average molecular weight is 364 g/mol. The maximum absolute atomic E-state index is 12.6. The highest BCUT2D eigenvalue weighted by atomic mass is 32.1. The summed E-state index contributed by atoms with van der Waals surface area (Å²) in [5.74, 6) is -0.0251.